The van der Waals surface area contributed by atoms with Gasteiger partial charge in [0.2, 0.25) is 0 Å². The summed E-state index contributed by atoms with van der Waals surface area (Å²) in [5.41, 5.74) is -0.541. The maximum atomic E-state index is 13.2. The minimum Gasteiger partial charge on any atom is -0.507 e. The molecular formula is C10H11FO5. The van der Waals surface area contributed by atoms with Crippen LogP contribution in [0.15, 0.2) is 18.2 Å². The Hall–Kier alpha value is -1.66. The third-order valence-corrected chi connectivity index (χ3v) is 2.07. The molecule has 0 spiro atoms. The van der Waals surface area contributed by atoms with Gasteiger partial charge in [0.05, 0.1) is 12.7 Å². The van der Waals surface area contributed by atoms with E-state index >= 15 is 0 Å². The number of aliphatic hydroxyl groups excluding tert-OH is 2. The average molecular weight is 230 g/mol. The second-order valence-corrected chi connectivity index (χ2v) is 3.09. The van der Waals surface area contributed by atoms with E-state index in [-0.39, 0.29) is 0 Å². The van der Waals surface area contributed by atoms with Gasteiger partial charge in [-0.1, -0.05) is 6.07 Å². The maximum Gasteiger partial charge on any atom is 0.337 e. The number of aromatic hydroxyl groups is 1. The number of carbonyl (C=O) groups is 1. The van der Waals surface area contributed by atoms with Crippen molar-refractivity contribution in [3.63, 3.8) is 0 Å². The van der Waals surface area contributed by atoms with Gasteiger partial charge < -0.3 is 20.1 Å². The Bertz CT molecular complexity index is 373. The van der Waals surface area contributed by atoms with E-state index in [1.807, 2.05) is 0 Å². The van der Waals surface area contributed by atoms with Gasteiger partial charge in [-0.05, 0) is 12.1 Å². The summed E-state index contributed by atoms with van der Waals surface area (Å²) in [4.78, 5) is 10.9. The molecule has 0 heterocycles. The molecule has 0 saturated carbocycles. The third kappa shape index (κ3) is 2.29. The number of hydrogen-bond donors (Lipinski definition) is 3. The lowest BCUT2D eigenvalue weighted by atomic mass is 10.0. The lowest BCUT2D eigenvalue weighted by Gasteiger charge is -2.17. The predicted octanol–water partition coefficient (Wildman–Crippen LogP) is 0.0986. The molecule has 0 aliphatic rings. The molecule has 0 radical (unpaired) electrons. The third-order valence-electron chi connectivity index (χ3n) is 2.07. The highest BCUT2D eigenvalue weighted by Gasteiger charge is 2.30. The summed E-state index contributed by atoms with van der Waals surface area (Å²) >= 11 is 0. The van der Waals surface area contributed by atoms with Crippen LogP contribution < -0.4 is 0 Å². The van der Waals surface area contributed by atoms with Crippen LogP contribution in [-0.2, 0) is 9.53 Å². The van der Waals surface area contributed by atoms with E-state index in [2.05, 4.69) is 4.74 Å². The smallest absolute Gasteiger partial charge is 0.337 e. The number of ether oxygens (including phenoxy) is 1. The first kappa shape index (κ1) is 12.4. The number of phenolic OH excluding ortho intramolecular Hbond substituents is 1. The van der Waals surface area contributed by atoms with Gasteiger partial charge in [0.25, 0.3) is 0 Å². The van der Waals surface area contributed by atoms with Crippen LogP contribution in [0.3, 0.4) is 0 Å². The summed E-state index contributed by atoms with van der Waals surface area (Å²) < 4.78 is 17.4. The molecule has 1 rings (SSSR count). The van der Waals surface area contributed by atoms with Gasteiger partial charge in [-0.3, -0.25) is 0 Å². The van der Waals surface area contributed by atoms with Crippen LogP contribution in [0.25, 0.3) is 0 Å². The van der Waals surface area contributed by atoms with E-state index in [1.165, 1.54) is 6.07 Å². The molecule has 0 aliphatic heterocycles. The summed E-state index contributed by atoms with van der Waals surface area (Å²) in [7, 11) is 1.01. The van der Waals surface area contributed by atoms with Crippen molar-refractivity contribution < 1.29 is 29.2 Å². The van der Waals surface area contributed by atoms with Gasteiger partial charge in [-0.2, -0.15) is 0 Å². The number of hydrogen-bond acceptors (Lipinski definition) is 5. The molecule has 0 amide bonds. The highest BCUT2D eigenvalue weighted by atomic mass is 19.1. The van der Waals surface area contributed by atoms with E-state index in [0.717, 1.165) is 19.2 Å². The van der Waals surface area contributed by atoms with Crippen molar-refractivity contribution in [3.8, 4) is 5.75 Å². The second-order valence-electron chi connectivity index (χ2n) is 3.09. The molecule has 0 bridgehead atoms. The van der Waals surface area contributed by atoms with Crippen LogP contribution in [0.2, 0.25) is 0 Å². The Morgan fingerprint density at radius 3 is 2.56 bits per heavy atom. The summed E-state index contributed by atoms with van der Waals surface area (Å²) in [6.45, 7) is 0. The first-order chi connectivity index (χ1) is 7.49. The van der Waals surface area contributed by atoms with Crippen LogP contribution >= 0.6 is 0 Å². The van der Waals surface area contributed by atoms with E-state index < -0.39 is 35.3 Å². The zero-order valence-corrected chi connectivity index (χ0v) is 8.42. The van der Waals surface area contributed by atoms with Crippen LogP contribution in [0.5, 0.6) is 5.75 Å². The van der Waals surface area contributed by atoms with E-state index in [0.29, 0.717) is 0 Å². The number of halogens is 1. The van der Waals surface area contributed by atoms with Crippen LogP contribution in [0.1, 0.15) is 11.7 Å². The summed E-state index contributed by atoms with van der Waals surface area (Å²) in [6, 6.07) is 3.35. The van der Waals surface area contributed by atoms with Crippen molar-refractivity contribution in [2.75, 3.05) is 7.11 Å². The first-order valence-corrected chi connectivity index (χ1v) is 4.40. The molecule has 0 fully saturated rings. The highest BCUT2D eigenvalue weighted by Crippen LogP contribution is 2.29. The van der Waals surface area contributed by atoms with Crippen molar-refractivity contribution in [2.24, 2.45) is 0 Å². The lowest BCUT2D eigenvalue weighted by Crippen LogP contribution is -2.29. The highest BCUT2D eigenvalue weighted by molar-refractivity contribution is 5.75. The topological polar surface area (TPSA) is 87.0 Å². The van der Waals surface area contributed by atoms with Gasteiger partial charge in [-0.15, -0.1) is 0 Å². The number of rotatable bonds is 3. The quantitative estimate of drug-likeness (QED) is 0.641. The fourth-order valence-corrected chi connectivity index (χ4v) is 1.23. The molecule has 5 nitrogen and oxygen atoms in total. The number of carbonyl (C=O) groups excluding carboxylic acids is 1. The molecule has 6 heteroatoms. The van der Waals surface area contributed by atoms with E-state index in [4.69, 9.17) is 0 Å². The van der Waals surface area contributed by atoms with Crippen molar-refractivity contribution in [1.82, 2.24) is 0 Å². The second kappa shape index (κ2) is 4.91. The monoisotopic (exact) mass is 230 g/mol. The van der Waals surface area contributed by atoms with Gasteiger partial charge in [0.15, 0.2) is 6.10 Å². The molecule has 88 valence electrons. The summed E-state index contributed by atoms with van der Waals surface area (Å²) in [6.07, 6.45) is -3.83. The number of esters is 1. The fourth-order valence-electron chi connectivity index (χ4n) is 1.23. The first-order valence-electron chi connectivity index (χ1n) is 4.40. The fraction of sp³-hybridized carbons (Fsp3) is 0.300. The predicted molar refractivity (Wildman–Crippen MR) is 51.0 cm³/mol. The van der Waals surface area contributed by atoms with Gasteiger partial charge >= 0.3 is 5.97 Å². The molecule has 0 saturated heterocycles. The van der Waals surface area contributed by atoms with Crippen molar-refractivity contribution >= 4 is 5.97 Å². The summed E-state index contributed by atoms with van der Waals surface area (Å²) in [5.74, 6) is -2.58. The number of methoxy groups -OCH3 is 1. The Labute approximate surface area is 90.7 Å². The zero-order chi connectivity index (χ0) is 12.3. The molecule has 2 unspecified atom stereocenters. The average Bonchev–Trinajstić information content (AvgIpc) is 2.26. The van der Waals surface area contributed by atoms with Crippen LogP contribution in [-0.4, -0.2) is 34.5 Å². The SMILES string of the molecule is COC(=O)C(O)C(O)c1c(O)cccc1F. The number of benzene rings is 1. The molecule has 0 aromatic heterocycles. The molecule has 1 aromatic carbocycles. The van der Waals surface area contributed by atoms with Crippen molar-refractivity contribution in [1.29, 1.82) is 0 Å². The summed E-state index contributed by atoms with van der Waals surface area (Å²) in [5, 5.41) is 28.1. The van der Waals surface area contributed by atoms with E-state index in [1.54, 1.807) is 0 Å². The molecule has 3 N–H and O–H groups in total. The Morgan fingerprint density at radius 1 is 1.44 bits per heavy atom. The van der Waals surface area contributed by atoms with Crippen molar-refractivity contribution in [3.05, 3.63) is 29.6 Å². The maximum absolute atomic E-state index is 13.2. The number of aliphatic hydroxyl groups is 2. The zero-order valence-electron chi connectivity index (χ0n) is 8.42. The molecule has 2 atom stereocenters. The van der Waals surface area contributed by atoms with E-state index in [9.17, 15) is 24.5 Å². The van der Waals surface area contributed by atoms with Crippen molar-refractivity contribution in [2.45, 2.75) is 12.2 Å². The normalized spacial score (nSPS) is 14.2. The largest absolute Gasteiger partial charge is 0.507 e. The standard InChI is InChI=1S/C10H11FO5/c1-16-10(15)9(14)8(13)7-5(11)3-2-4-6(7)12/h2-4,8-9,12-14H,1H3. The molecule has 16 heavy (non-hydrogen) atoms. The Balaban J connectivity index is 3.04. The van der Waals surface area contributed by atoms with Crippen LogP contribution in [0.4, 0.5) is 4.39 Å². The molecule has 0 aliphatic carbocycles. The molecule has 1 aromatic rings. The minimum atomic E-state index is -1.95. The Kier molecular flexibility index (Phi) is 3.81. The number of phenols is 1. The Morgan fingerprint density at radius 2 is 2.06 bits per heavy atom. The van der Waals surface area contributed by atoms with Gasteiger partial charge in [0.1, 0.15) is 17.7 Å². The van der Waals surface area contributed by atoms with Gasteiger partial charge in [-0.25, -0.2) is 9.18 Å². The lowest BCUT2D eigenvalue weighted by molar-refractivity contribution is -0.157. The minimum absolute atomic E-state index is 0.541. The van der Waals surface area contributed by atoms with Crippen LogP contribution in [0, 0.1) is 5.82 Å². The van der Waals surface area contributed by atoms with Gasteiger partial charge in [0, 0.05) is 0 Å². The molecular weight excluding hydrogens is 219 g/mol.